The maximum absolute atomic E-state index is 12.4. The van der Waals surface area contributed by atoms with Gasteiger partial charge in [0.2, 0.25) is 5.55 Å². The molecule has 0 aliphatic rings. The third-order valence-corrected chi connectivity index (χ3v) is 5.14. The number of phenolic OH excluding ortho intramolecular Hbond substituents is 1. The van der Waals surface area contributed by atoms with Crippen molar-refractivity contribution in [2.45, 2.75) is 39.0 Å². The fraction of sp³-hybridized carbons (Fsp3) is 0.261. The molecule has 4 aromatic rings. The number of para-hydroxylation sites is 1. The van der Waals surface area contributed by atoms with Gasteiger partial charge in [0.05, 0.1) is 16.5 Å². The molecule has 6 heteroatoms. The molecule has 0 radical (unpaired) electrons. The molecule has 2 heterocycles. The zero-order chi connectivity index (χ0) is 20.4. The molecule has 0 spiro atoms. The molecule has 0 atom stereocenters. The molecular formula is C23H23N3O3. The molecular weight excluding hydrogens is 366 g/mol. The second kappa shape index (κ2) is 7.91. The largest absolute Gasteiger partial charge is 0.508 e. The molecule has 0 aliphatic heterocycles. The number of nitrogens with zero attached hydrogens (tertiary/aromatic N) is 1. The summed E-state index contributed by atoms with van der Waals surface area (Å²) in [6, 6.07) is 12.3. The highest BCUT2D eigenvalue weighted by atomic mass is 16.3. The number of fused-ring (bicyclic) bond motifs is 2. The monoisotopic (exact) mass is 389 g/mol. The van der Waals surface area contributed by atoms with Crippen molar-refractivity contribution in [3.63, 3.8) is 0 Å². The van der Waals surface area contributed by atoms with Crippen LogP contribution in [0.3, 0.4) is 0 Å². The summed E-state index contributed by atoms with van der Waals surface area (Å²) in [4.78, 5) is 19.6. The number of rotatable bonds is 6. The molecule has 6 nitrogen and oxygen atoms in total. The van der Waals surface area contributed by atoms with Gasteiger partial charge in [-0.15, -0.1) is 0 Å². The molecule has 0 saturated heterocycles. The summed E-state index contributed by atoms with van der Waals surface area (Å²) in [6.45, 7) is 2.17. The lowest BCUT2D eigenvalue weighted by Crippen LogP contribution is -2.13. The molecule has 2 aromatic carbocycles. The van der Waals surface area contributed by atoms with Gasteiger partial charge >= 0.3 is 0 Å². The number of aryl methyl sites for hydroxylation is 1. The summed E-state index contributed by atoms with van der Waals surface area (Å²) < 4.78 is 5.62. The van der Waals surface area contributed by atoms with Crippen LogP contribution in [0.25, 0.3) is 33.3 Å². The quantitative estimate of drug-likeness (QED) is 0.418. The third-order valence-electron chi connectivity index (χ3n) is 5.14. The molecule has 148 valence electrons. The predicted molar refractivity (Wildman–Crippen MR) is 113 cm³/mol. The van der Waals surface area contributed by atoms with E-state index in [9.17, 15) is 9.90 Å². The van der Waals surface area contributed by atoms with Gasteiger partial charge in [-0.2, -0.15) is 0 Å². The highest BCUT2D eigenvalue weighted by molar-refractivity contribution is 5.84. The Morgan fingerprint density at radius 3 is 2.79 bits per heavy atom. The van der Waals surface area contributed by atoms with E-state index in [-0.39, 0.29) is 16.9 Å². The Morgan fingerprint density at radius 2 is 1.97 bits per heavy atom. The zero-order valence-corrected chi connectivity index (χ0v) is 16.3. The molecule has 0 saturated carbocycles. The molecule has 3 N–H and O–H groups in total. The lowest BCUT2D eigenvalue weighted by atomic mass is 10.0. The first kappa shape index (κ1) is 18.9. The first-order valence-electron chi connectivity index (χ1n) is 9.90. The highest BCUT2D eigenvalue weighted by Gasteiger charge is 2.12. The van der Waals surface area contributed by atoms with Crippen molar-refractivity contribution in [1.29, 1.82) is 5.41 Å². The summed E-state index contributed by atoms with van der Waals surface area (Å²) in [6.07, 6.45) is 5.25. The van der Waals surface area contributed by atoms with Crippen LogP contribution in [0.5, 0.6) is 5.75 Å². The molecule has 0 aliphatic carbocycles. The van der Waals surface area contributed by atoms with Gasteiger partial charge in [0, 0.05) is 11.5 Å². The second-order valence-corrected chi connectivity index (χ2v) is 7.25. The molecule has 0 bridgehead atoms. The van der Waals surface area contributed by atoms with Crippen molar-refractivity contribution in [3.05, 3.63) is 63.9 Å². The molecule has 29 heavy (non-hydrogen) atoms. The number of aromatic amines is 1. The average Bonchev–Trinajstić information content (AvgIpc) is 2.71. The smallest absolute Gasteiger partial charge is 0.259 e. The van der Waals surface area contributed by atoms with Crippen molar-refractivity contribution >= 4 is 21.9 Å². The SMILES string of the molecule is CCCCCCc1cc2cc(-c3nc4ccccc4c(=O)[nH]3)c(=N)oc2cc1O. The predicted octanol–water partition coefficient (Wildman–Crippen LogP) is 4.64. The molecule has 0 fully saturated rings. The Morgan fingerprint density at radius 1 is 1.14 bits per heavy atom. The summed E-state index contributed by atoms with van der Waals surface area (Å²) in [5, 5.41) is 19.8. The van der Waals surface area contributed by atoms with E-state index in [1.54, 1.807) is 30.3 Å². The van der Waals surface area contributed by atoms with Gasteiger partial charge in [0.25, 0.3) is 5.56 Å². The molecule has 0 unspecified atom stereocenters. The van der Waals surface area contributed by atoms with Gasteiger partial charge < -0.3 is 14.5 Å². The van der Waals surface area contributed by atoms with E-state index in [4.69, 9.17) is 9.83 Å². The Labute approximate surface area is 167 Å². The second-order valence-electron chi connectivity index (χ2n) is 7.25. The van der Waals surface area contributed by atoms with Crippen LogP contribution < -0.4 is 11.1 Å². The molecule has 2 aromatic heterocycles. The van der Waals surface area contributed by atoms with E-state index in [1.807, 2.05) is 12.1 Å². The minimum Gasteiger partial charge on any atom is -0.508 e. The zero-order valence-electron chi connectivity index (χ0n) is 16.3. The van der Waals surface area contributed by atoms with E-state index >= 15 is 0 Å². The maximum atomic E-state index is 12.4. The average molecular weight is 389 g/mol. The molecule has 4 rings (SSSR count). The number of phenols is 1. The summed E-state index contributed by atoms with van der Waals surface area (Å²) >= 11 is 0. The van der Waals surface area contributed by atoms with E-state index in [0.29, 0.717) is 27.9 Å². The minimum atomic E-state index is -0.257. The van der Waals surface area contributed by atoms with Crippen LogP contribution >= 0.6 is 0 Å². The van der Waals surface area contributed by atoms with Crippen molar-refractivity contribution < 1.29 is 9.52 Å². The Balaban J connectivity index is 1.79. The van der Waals surface area contributed by atoms with Crippen LogP contribution in [-0.4, -0.2) is 15.1 Å². The number of hydrogen-bond donors (Lipinski definition) is 3. The number of aromatic hydroxyl groups is 1. The lowest BCUT2D eigenvalue weighted by molar-refractivity contribution is 0.463. The minimum absolute atomic E-state index is 0.119. The number of hydrogen-bond acceptors (Lipinski definition) is 5. The third kappa shape index (κ3) is 3.78. The summed E-state index contributed by atoms with van der Waals surface area (Å²) in [5.74, 6) is 0.476. The first-order valence-corrected chi connectivity index (χ1v) is 9.90. The van der Waals surface area contributed by atoms with Crippen LogP contribution in [0.4, 0.5) is 0 Å². The fourth-order valence-corrected chi connectivity index (χ4v) is 3.55. The summed E-state index contributed by atoms with van der Waals surface area (Å²) in [5.41, 5.74) is 1.87. The van der Waals surface area contributed by atoms with Gasteiger partial charge in [-0.25, -0.2) is 4.98 Å². The van der Waals surface area contributed by atoms with Crippen LogP contribution in [0.1, 0.15) is 38.2 Å². The molecule has 0 amide bonds. The fourth-order valence-electron chi connectivity index (χ4n) is 3.55. The first-order chi connectivity index (χ1) is 14.1. The maximum Gasteiger partial charge on any atom is 0.259 e. The van der Waals surface area contributed by atoms with Gasteiger partial charge in [0.15, 0.2) is 0 Å². The number of benzene rings is 2. The number of H-pyrrole nitrogens is 1. The van der Waals surface area contributed by atoms with Gasteiger partial charge in [-0.1, -0.05) is 38.3 Å². The number of aromatic nitrogens is 2. The number of nitrogens with one attached hydrogen (secondary N) is 2. The van der Waals surface area contributed by atoms with E-state index in [2.05, 4.69) is 16.9 Å². The standard InChI is InChI=1S/C23H23N3O3/c1-2-3-4-5-8-14-11-15-12-17(21(24)29-20(15)13-19(14)27)22-25-18-10-7-6-9-16(18)23(28)26-22/h6-7,9-13,24,27H,2-5,8H2,1H3,(H,25,26,28). The van der Waals surface area contributed by atoms with Gasteiger partial charge in [-0.05, 0) is 42.7 Å². The van der Waals surface area contributed by atoms with Crippen LogP contribution in [0.2, 0.25) is 0 Å². The topological polar surface area (TPSA) is 103 Å². The Bertz CT molecular complexity index is 1300. The normalized spacial score (nSPS) is 11.3. The van der Waals surface area contributed by atoms with Crippen LogP contribution in [0.15, 0.2) is 51.7 Å². The van der Waals surface area contributed by atoms with Crippen molar-refractivity contribution in [2.75, 3.05) is 0 Å². The van der Waals surface area contributed by atoms with E-state index in [1.165, 1.54) is 6.42 Å². The van der Waals surface area contributed by atoms with Gasteiger partial charge in [-0.3, -0.25) is 10.2 Å². The number of unbranched alkanes of at least 4 members (excludes halogenated alkanes) is 3. The van der Waals surface area contributed by atoms with E-state index in [0.717, 1.165) is 36.6 Å². The lowest BCUT2D eigenvalue weighted by Gasteiger charge is -2.09. The Hall–Kier alpha value is -3.41. The summed E-state index contributed by atoms with van der Waals surface area (Å²) in [7, 11) is 0. The van der Waals surface area contributed by atoms with Crippen molar-refractivity contribution in [3.8, 4) is 17.1 Å². The highest BCUT2D eigenvalue weighted by Crippen LogP contribution is 2.28. The van der Waals surface area contributed by atoms with Gasteiger partial charge in [0.1, 0.15) is 17.2 Å². The Kier molecular flexibility index (Phi) is 5.16. The van der Waals surface area contributed by atoms with Crippen molar-refractivity contribution in [1.82, 2.24) is 9.97 Å². The van der Waals surface area contributed by atoms with E-state index < -0.39 is 0 Å². The van der Waals surface area contributed by atoms with Crippen molar-refractivity contribution in [2.24, 2.45) is 0 Å². The van der Waals surface area contributed by atoms with Crippen LogP contribution in [-0.2, 0) is 6.42 Å². The van der Waals surface area contributed by atoms with Crippen LogP contribution in [0, 0.1) is 5.41 Å².